The number of hydrogen-bond donors (Lipinski definition) is 0. The molecule has 200 valence electrons. The molecule has 7 heteroatoms. The van der Waals surface area contributed by atoms with Gasteiger partial charge < -0.3 is 9.47 Å². The number of imidazole rings is 1. The number of hydrogen-bond acceptors (Lipinski definition) is 4. The molecule has 1 aromatic heterocycles. The summed E-state index contributed by atoms with van der Waals surface area (Å²) in [6.07, 6.45) is 6.57. The second-order valence-electron chi connectivity index (χ2n) is 9.93. The molecule has 0 radical (unpaired) electrons. The second-order valence-corrected chi connectivity index (χ2v) is 9.93. The highest BCUT2D eigenvalue weighted by atomic mass is 35.5. The van der Waals surface area contributed by atoms with Gasteiger partial charge in [-0.3, -0.25) is 9.69 Å². The third kappa shape index (κ3) is 7.35. The van der Waals surface area contributed by atoms with Crippen molar-refractivity contribution in [1.82, 2.24) is 19.4 Å². The Hall–Kier alpha value is -3.92. The van der Waals surface area contributed by atoms with Gasteiger partial charge in [0.15, 0.2) is 0 Å². The fourth-order valence-electron chi connectivity index (χ4n) is 5.21. The van der Waals surface area contributed by atoms with Crippen molar-refractivity contribution >= 4 is 18.3 Å². The first-order chi connectivity index (χ1) is 18.7. The largest absolute Gasteiger partial charge is 0.337 e. The number of aromatic nitrogens is 2. The molecule has 5 rings (SSSR count). The van der Waals surface area contributed by atoms with E-state index >= 15 is 0 Å². The highest BCUT2D eigenvalue weighted by Gasteiger charge is 2.36. The number of carbonyl (C=O) groups excluding carboxylic acids is 1. The highest BCUT2D eigenvalue weighted by Crippen LogP contribution is 2.23. The predicted molar refractivity (Wildman–Crippen MR) is 155 cm³/mol. The van der Waals surface area contributed by atoms with E-state index in [0.29, 0.717) is 25.2 Å². The Balaban J connectivity index is 0.00000353. The van der Waals surface area contributed by atoms with Gasteiger partial charge in [0.1, 0.15) is 0 Å². The van der Waals surface area contributed by atoms with E-state index in [2.05, 4.69) is 56.9 Å². The summed E-state index contributed by atoms with van der Waals surface area (Å²) in [5, 5.41) is 9.10. The lowest BCUT2D eigenvalue weighted by Gasteiger charge is -2.28. The maximum absolute atomic E-state index is 13.6. The van der Waals surface area contributed by atoms with Crippen molar-refractivity contribution in [1.29, 1.82) is 5.26 Å². The Morgan fingerprint density at radius 1 is 0.897 bits per heavy atom. The zero-order chi connectivity index (χ0) is 26.2. The monoisotopic (exact) mass is 539 g/mol. The minimum absolute atomic E-state index is 0. The van der Waals surface area contributed by atoms with E-state index in [1.54, 1.807) is 0 Å². The van der Waals surface area contributed by atoms with Gasteiger partial charge in [-0.2, -0.15) is 5.26 Å². The summed E-state index contributed by atoms with van der Waals surface area (Å²) in [6, 6.07) is 30.5. The van der Waals surface area contributed by atoms with E-state index in [4.69, 9.17) is 5.26 Å². The number of aryl methyl sites for hydroxylation is 1. The SMILES string of the molecule is Cl.N#Cc1ccc(Cn2cncc2CN(CCCc2ccccc2)C2CCN(Cc3ccccc3)C2=O)cc1. The van der Waals surface area contributed by atoms with Crippen LogP contribution < -0.4 is 0 Å². The van der Waals surface area contributed by atoms with Crippen molar-refractivity contribution in [2.24, 2.45) is 0 Å². The minimum Gasteiger partial charge on any atom is -0.337 e. The van der Waals surface area contributed by atoms with E-state index in [1.165, 1.54) is 5.56 Å². The number of likely N-dealkylation sites (tertiary alicyclic amines) is 1. The molecule has 1 fully saturated rings. The summed E-state index contributed by atoms with van der Waals surface area (Å²) in [5.74, 6) is 0.215. The normalized spacial score (nSPS) is 14.8. The molecule has 0 aliphatic carbocycles. The van der Waals surface area contributed by atoms with Crippen LogP contribution in [0, 0.1) is 11.3 Å². The molecule has 1 aliphatic heterocycles. The van der Waals surface area contributed by atoms with Gasteiger partial charge in [-0.05, 0) is 54.6 Å². The van der Waals surface area contributed by atoms with Crippen LogP contribution in [0.15, 0.2) is 97.5 Å². The summed E-state index contributed by atoms with van der Waals surface area (Å²) in [6.45, 7) is 3.62. The topological polar surface area (TPSA) is 65.2 Å². The van der Waals surface area contributed by atoms with Gasteiger partial charge in [-0.25, -0.2) is 4.98 Å². The molecule has 6 nitrogen and oxygen atoms in total. The number of nitriles is 1. The van der Waals surface area contributed by atoms with Gasteiger partial charge in [0, 0.05) is 32.4 Å². The minimum atomic E-state index is -0.132. The molecular formula is C32H34ClN5O. The third-order valence-corrected chi connectivity index (χ3v) is 7.28. The van der Waals surface area contributed by atoms with Crippen LogP contribution in [-0.4, -0.2) is 44.4 Å². The van der Waals surface area contributed by atoms with Crippen LogP contribution in [0.4, 0.5) is 0 Å². The lowest BCUT2D eigenvalue weighted by Crippen LogP contribution is -2.42. The molecule has 0 spiro atoms. The van der Waals surface area contributed by atoms with Gasteiger partial charge in [0.2, 0.25) is 5.91 Å². The number of rotatable bonds is 11. The smallest absolute Gasteiger partial charge is 0.240 e. The van der Waals surface area contributed by atoms with Crippen molar-refractivity contribution in [2.75, 3.05) is 13.1 Å². The zero-order valence-corrected chi connectivity index (χ0v) is 22.8. The van der Waals surface area contributed by atoms with Gasteiger partial charge in [0.25, 0.3) is 0 Å². The van der Waals surface area contributed by atoms with E-state index < -0.39 is 0 Å². The first-order valence-electron chi connectivity index (χ1n) is 13.3. The summed E-state index contributed by atoms with van der Waals surface area (Å²) in [5.41, 5.74) is 5.34. The van der Waals surface area contributed by atoms with Crippen LogP contribution in [0.3, 0.4) is 0 Å². The van der Waals surface area contributed by atoms with Crippen molar-refractivity contribution in [2.45, 2.75) is 44.9 Å². The van der Waals surface area contributed by atoms with Crippen molar-refractivity contribution in [3.05, 3.63) is 125 Å². The third-order valence-electron chi connectivity index (χ3n) is 7.28. The first-order valence-corrected chi connectivity index (χ1v) is 13.3. The molecule has 1 aliphatic rings. The summed E-state index contributed by atoms with van der Waals surface area (Å²) >= 11 is 0. The average Bonchev–Trinajstić information content (AvgIpc) is 3.55. The number of nitrogens with zero attached hydrogens (tertiary/aromatic N) is 5. The summed E-state index contributed by atoms with van der Waals surface area (Å²) < 4.78 is 2.15. The Labute approximate surface area is 236 Å². The van der Waals surface area contributed by atoms with Crippen LogP contribution >= 0.6 is 12.4 Å². The van der Waals surface area contributed by atoms with Crippen LogP contribution in [0.25, 0.3) is 0 Å². The standard InChI is InChI=1S/C32H33N5O.ClH/c33-20-27-13-15-29(16-14-27)23-37-25-34-21-30(37)24-35(18-7-12-26-8-3-1-4-9-26)31-17-19-36(32(31)38)22-28-10-5-2-6-11-28;/h1-6,8-11,13-16,21,25,31H,7,12,17-19,22-24H2;1H. The molecule has 0 saturated carbocycles. The van der Waals surface area contributed by atoms with Crippen LogP contribution in [0.5, 0.6) is 0 Å². The molecule has 1 atom stereocenters. The molecule has 1 amide bonds. The average molecular weight is 540 g/mol. The molecule has 2 heterocycles. The van der Waals surface area contributed by atoms with Crippen LogP contribution in [0.2, 0.25) is 0 Å². The van der Waals surface area contributed by atoms with E-state index in [0.717, 1.165) is 49.2 Å². The summed E-state index contributed by atoms with van der Waals surface area (Å²) in [4.78, 5) is 22.4. The molecule has 39 heavy (non-hydrogen) atoms. The fraction of sp³-hybridized carbons (Fsp3) is 0.281. The van der Waals surface area contributed by atoms with Crippen LogP contribution in [0.1, 0.15) is 40.8 Å². The number of amides is 1. The van der Waals surface area contributed by atoms with Gasteiger partial charge in [-0.1, -0.05) is 72.8 Å². The van der Waals surface area contributed by atoms with Gasteiger partial charge >= 0.3 is 0 Å². The quantitative estimate of drug-likeness (QED) is 0.254. The van der Waals surface area contributed by atoms with Crippen molar-refractivity contribution in [3.8, 4) is 6.07 Å². The number of benzene rings is 3. The molecule has 4 aromatic rings. The highest BCUT2D eigenvalue weighted by molar-refractivity contribution is 5.85. The van der Waals surface area contributed by atoms with Crippen molar-refractivity contribution < 1.29 is 4.79 Å². The molecule has 1 unspecified atom stereocenters. The molecule has 1 saturated heterocycles. The Morgan fingerprint density at radius 2 is 1.56 bits per heavy atom. The zero-order valence-electron chi connectivity index (χ0n) is 22.0. The Morgan fingerprint density at radius 3 is 2.26 bits per heavy atom. The van der Waals surface area contributed by atoms with Crippen molar-refractivity contribution in [3.63, 3.8) is 0 Å². The first kappa shape index (κ1) is 28.1. The van der Waals surface area contributed by atoms with E-state index in [-0.39, 0.29) is 24.4 Å². The van der Waals surface area contributed by atoms with Gasteiger partial charge in [-0.15, -0.1) is 12.4 Å². The number of carbonyl (C=O) groups is 1. The predicted octanol–water partition coefficient (Wildman–Crippen LogP) is 5.46. The van der Waals surface area contributed by atoms with Crippen LogP contribution in [-0.2, 0) is 30.8 Å². The maximum Gasteiger partial charge on any atom is 0.240 e. The molecule has 0 N–H and O–H groups in total. The van der Waals surface area contributed by atoms with E-state index in [1.807, 2.05) is 66.0 Å². The number of halogens is 1. The lowest BCUT2D eigenvalue weighted by atomic mass is 10.1. The second kappa shape index (κ2) is 13.7. The molecule has 3 aromatic carbocycles. The van der Waals surface area contributed by atoms with Gasteiger partial charge in [0.05, 0.1) is 29.7 Å². The van der Waals surface area contributed by atoms with E-state index in [9.17, 15) is 4.79 Å². The summed E-state index contributed by atoms with van der Waals surface area (Å²) in [7, 11) is 0. The maximum atomic E-state index is 13.6. The molecular weight excluding hydrogens is 506 g/mol. The fourth-order valence-corrected chi connectivity index (χ4v) is 5.21. The lowest BCUT2D eigenvalue weighted by molar-refractivity contribution is -0.132. The molecule has 0 bridgehead atoms. The Bertz CT molecular complexity index is 1370. The Kier molecular flexibility index (Phi) is 9.91.